The van der Waals surface area contributed by atoms with E-state index in [0.29, 0.717) is 24.4 Å². The largest absolute Gasteiger partial charge is 0.471 e. The molecule has 2 N–H and O–H groups in total. The smallest absolute Gasteiger partial charge is 0.361 e. The van der Waals surface area contributed by atoms with Crippen LogP contribution in [0, 0.1) is 0 Å². The van der Waals surface area contributed by atoms with E-state index in [9.17, 15) is 18.0 Å². The van der Waals surface area contributed by atoms with Gasteiger partial charge in [0.15, 0.2) is 0 Å². The van der Waals surface area contributed by atoms with Crippen molar-refractivity contribution < 1.29 is 18.0 Å². The second kappa shape index (κ2) is 6.64. The number of carbonyl (C=O) groups is 1. The van der Waals surface area contributed by atoms with Gasteiger partial charge in [0.25, 0.3) is 0 Å². The molecule has 27 heavy (non-hydrogen) atoms. The maximum Gasteiger partial charge on any atom is 0.471 e. The first-order chi connectivity index (χ1) is 12.8. The minimum absolute atomic E-state index is 0.423. The van der Waals surface area contributed by atoms with Crippen molar-refractivity contribution in [1.82, 2.24) is 5.32 Å². The maximum absolute atomic E-state index is 12.8. The first kappa shape index (κ1) is 18.0. The molecule has 2 heterocycles. The number of anilines is 3. The van der Waals surface area contributed by atoms with Crippen LogP contribution in [0.25, 0.3) is 0 Å². The summed E-state index contributed by atoms with van der Waals surface area (Å²) in [6, 6.07) is 11.8. The Balaban J connectivity index is 1.81. The molecule has 2 aromatic carbocycles. The predicted molar refractivity (Wildman–Crippen MR) is 98.5 cm³/mol. The van der Waals surface area contributed by atoms with Crippen LogP contribution in [0.15, 0.2) is 42.5 Å². The number of rotatable bonds is 1. The highest BCUT2D eigenvalue weighted by Gasteiger charge is 2.44. The normalized spacial score (nSPS) is 21.3. The van der Waals surface area contributed by atoms with Crippen LogP contribution in [0.3, 0.4) is 0 Å². The Morgan fingerprint density at radius 2 is 1.96 bits per heavy atom. The van der Waals surface area contributed by atoms with E-state index in [2.05, 4.69) is 10.6 Å². The molecule has 8 heteroatoms. The first-order valence-electron chi connectivity index (χ1n) is 8.64. The van der Waals surface area contributed by atoms with Crippen molar-refractivity contribution in [3.63, 3.8) is 0 Å². The number of alkyl halides is 3. The van der Waals surface area contributed by atoms with Gasteiger partial charge in [-0.25, -0.2) is 0 Å². The molecule has 2 aliphatic heterocycles. The van der Waals surface area contributed by atoms with E-state index in [0.717, 1.165) is 22.6 Å². The number of hydrogen-bond acceptors (Lipinski definition) is 3. The molecule has 0 aliphatic carbocycles. The van der Waals surface area contributed by atoms with Crippen molar-refractivity contribution in [1.29, 1.82) is 0 Å². The zero-order valence-corrected chi connectivity index (χ0v) is 14.9. The van der Waals surface area contributed by atoms with Gasteiger partial charge in [0.2, 0.25) is 0 Å². The molecule has 0 bridgehead atoms. The third-order valence-corrected chi connectivity index (χ3v) is 5.26. The molecule has 2 aliphatic rings. The average molecular weight is 396 g/mol. The molecule has 2 unspecified atom stereocenters. The van der Waals surface area contributed by atoms with Gasteiger partial charge in [0.05, 0.1) is 23.5 Å². The minimum atomic E-state index is -4.91. The molecule has 4 rings (SSSR count). The number of nitrogens with one attached hydrogen (secondary N) is 2. The highest BCUT2D eigenvalue weighted by atomic mass is 35.5. The summed E-state index contributed by atoms with van der Waals surface area (Å²) in [5, 5.41) is 6.10. The second-order valence-corrected chi connectivity index (χ2v) is 7.17. The summed E-state index contributed by atoms with van der Waals surface area (Å²) in [7, 11) is 0. The lowest BCUT2D eigenvalue weighted by molar-refractivity contribution is -0.174. The van der Waals surface area contributed by atoms with E-state index in [1.165, 1.54) is 0 Å². The molecule has 2 aromatic rings. The van der Waals surface area contributed by atoms with Crippen LogP contribution in [0.5, 0.6) is 0 Å². The maximum atomic E-state index is 12.8. The lowest BCUT2D eigenvalue weighted by atomic mass is 9.89. The Bertz CT molecular complexity index is 887. The molecule has 0 saturated carbocycles. The van der Waals surface area contributed by atoms with Crippen molar-refractivity contribution in [2.75, 3.05) is 16.8 Å². The minimum Gasteiger partial charge on any atom is -0.361 e. The van der Waals surface area contributed by atoms with Gasteiger partial charge in [0, 0.05) is 22.8 Å². The van der Waals surface area contributed by atoms with Gasteiger partial charge >= 0.3 is 12.1 Å². The lowest BCUT2D eigenvalue weighted by Gasteiger charge is -2.43. The Labute approximate surface area is 159 Å². The van der Waals surface area contributed by atoms with Gasteiger partial charge in [-0.2, -0.15) is 13.2 Å². The fraction of sp³-hybridized carbons (Fsp3) is 0.316. The van der Waals surface area contributed by atoms with E-state index in [-0.39, 0.29) is 0 Å². The van der Waals surface area contributed by atoms with E-state index in [4.69, 9.17) is 11.6 Å². The van der Waals surface area contributed by atoms with Crippen LogP contribution in [0.4, 0.5) is 30.2 Å². The summed E-state index contributed by atoms with van der Waals surface area (Å²) in [6.07, 6.45) is -3.79. The number of piperidine rings is 1. The quantitative estimate of drug-likeness (QED) is 0.730. The van der Waals surface area contributed by atoms with Gasteiger partial charge in [-0.3, -0.25) is 4.79 Å². The molecule has 0 aromatic heterocycles. The molecule has 1 saturated heterocycles. The average Bonchev–Trinajstić information content (AvgIpc) is 2.76. The van der Waals surface area contributed by atoms with Crippen LogP contribution in [-0.2, 0) is 4.79 Å². The molecule has 4 nitrogen and oxygen atoms in total. The van der Waals surface area contributed by atoms with Gasteiger partial charge in [-0.15, -0.1) is 0 Å². The standard InChI is InChI=1S/C19H17ClF3N3O/c20-11-7-8-14-16(10-11)26-9-3-6-15(25-18(27)19(21,22)23)17(26)12-4-1-2-5-13(12)24-14/h1-2,4-5,7-8,10,15,17,24H,3,6,9H2,(H,25,27). The number of benzene rings is 2. The van der Waals surface area contributed by atoms with Crippen LogP contribution in [0.1, 0.15) is 24.4 Å². The molecule has 1 amide bonds. The number of carbonyl (C=O) groups excluding carboxylic acids is 1. The monoisotopic (exact) mass is 395 g/mol. The summed E-state index contributed by atoms with van der Waals surface area (Å²) >= 11 is 6.18. The molecule has 142 valence electrons. The Morgan fingerprint density at radius 3 is 2.74 bits per heavy atom. The van der Waals surface area contributed by atoms with Gasteiger partial charge in [0.1, 0.15) is 0 Å². The number of para-hydroxylation sites is 1. The molecule has 0 radical (unpaired) electrons. The summed E-state index contributed by atoms with van der Waals surface area (Å²) in [5.41, 5.74) is 3.30. The van der Waals surface area contributed by atoms with Crippen LogP contribution >= 0.6 is 11.6 Å². The number of amides is 1. The van der Waals surface area contributed by atoms with Crippen molar-refractivity contribution >= 4 is 34.6 Å². The third kappa shape index (κ3) is 3.32. The first-order valence-corrected chi connectivity index (χ1v) is 9.02. The van der Waals surface area contributed by atoms with E-state index in [1.54, 1.807) is 12.1 Å². The Morgan fingerprint density at radius 1 is 1.19 bits per heavy atom. The third-order valence-electron chi connectivity index (χ3n) is 5.02. The van der Waals surface area contributed by atoms with Gasteiger partial charge in [-0.05, 0) is 37.1 Å². The Hall–Kier alpha value is -2.41. The van der Waals surface area contributed by atoms with E-state index in [1.807, 2.05) is 35.2 Å². The van der Waals surface area contributed by atoms with Gasteiger partial charge < -0.3 is 15.5 Å². The predicted octanol–water partition coefficient (Wildman–Crippen LogP) is 4.79. The van der Waals surface area contributed by atoms with Crippen molar-refractivity contribution in [3.8, 4) is 0 Å². The van der Waals surface area contributed by atoms with Crippen LogP contribution in [-0.4, -0.2) is 24.7 Å². The zero-order chi connectivity index (χ0) is 19.2. The van der Waals surface area contributed by atoms with Crippen LogP contribution in [0.2, 0.25) is 5.02 Å². The topological polar surface area (TPSA) is 44.4 Å². The van der Waals surface area contributed by atoms with E-state index >= 15 is 0 Å². The molecule has 2 atom stereocenters. The zero-order valence-electron chi connectivity index (χ0n) is 14.2. The fourth-order valence-electron chi connectivity index (χ4n) is 3.91. The number of hydrogen-bond donors (Lipinski definition) is 2. The fourth-order valence-corrected chi connectivity index (χ4v) is 4.08. The second-order valence-electron chi connectivity index (χ2n) is 6.73. The number of fused-ring (bicyclic) bond motifs is 5. The SMILES string of the molecule is O=C(NC1CCCN2c3cc(Cl)ccc3Nc3ccccc3C12)C(F)(F)F. The van der Waals surface area contributed by atoms with Crippen LogP contribution < -0.4 is 15.5 Å². The molecule has 1 fully saturated rings. The number of nitrogens with zero attached hydrogens (tertiary/aromatic N) is 1. The summed E-state index contributed by atoms with van der Waals surface area (Å²) in [5.74, 6) is -1.91. The summed E-state index contributed by atoms with van der Waals surface area (Å²) < 4.78 is 38.5. The Kier molecular flexibility index (Phi) is 4.42. The van der Waals surface area contributed by atoms with Gasteiger partial charge in [-0.1, -0.05) is 29.8 Å². The molecule has 0 spiro atoms. The summed E-state index contributed by atoms with van der Waals surface area (Å²) in [6.45, 7) is 0.659. The van der Waals surface area contributed by atoms with Crippen molar-refractivity contribution in [2.24, 2.45) is 0 Å². The number of halogens is 4. The highest BCUT2D eigenvalue weighted by Crippen LogP contribution is 2.46. The summed E-state index contributed by atoms with van der Waals surface area (Å²) in [4.78, 5) is 13.6. The molecular formula is C19H17ClF3N3O. The van der Waals surface area contributed by atoms with Crippen molar-refractivity contribution in [2.45, 2.75) is 31.1 Å². The lowest BCUT2D eigenvalue weighted by Crippen LogP contribution is -2.52. The van der Waals surface area contributed by atoms with Crippen molar-refractivity contribution in [3.05, 3.63) is 53.1 Å². The highest BCUT2D eigenvalue weighted by molar-refractivity contribution is 6.31. The van der Waals surface area contributed by atoms with E-state index < -0.39 is 24.2 Å². The molecular weight excluding hydrogens is 379 g/mol.